The summed E-state index contributed by atoms with van der Waals surface area (Å²) in [5.74, 6) is -0.581. The number of nitrogens with one attached hydrogen (secondary N) is 1. The van der Waals surface area contributed by atoms with Gasteiger partial charge in [-0.05, 0) is 5.41 Å². The van der Waals surface area contributed by atoms with Gasteiger partial charge in [0.2, 0.25) is 11.8 Å². The first-order chi connectivity index (χ1) is 6.54. The highest BCUT2D eigenvalue weighted by Crippen LogP contribution is 2.19. The van der Waals surface area contributed by atoms with Gasteiger partial charge >= 0.3 is 0 Å². The van der Waals surface area contributed by atoms with Gasteiger partial charge in [-0.25, -0.2) is 0 Å². The van der Waals surface area contributed by atoms with Gasteiger partial charge in [-0.2, -0.15) is 0 Å². The Balaban J connectivity index is 4.11. The molecule has 0 fully saturated rings. The van der Waals surface area contributed by atoms with E-state index in [2.05, 4.69) is 5.32 Å². The van der Waals surface area contributed by atoms with Crippen LogP contribution in [0.25, 0.3) is 0 Å². The fraction of sp³-hybridized carbons (Fsp3) is 0.818. The molecule has 0 bridgehead atoms. The predicted molar refractivity (Wildman–Crippen MR) is 60.1 cm³/mol. The Morgan fingerprint density at radius 2 is 1.60 bits per heavy atom. The maximum absolute atomic E-state index is 11.5. The average Bonchev–Trinajstić information content (AvgIpc) is 1.98. The van der Waals surface area contributed by atoms with Gasteiger partial charge in [0, 0.05) is 13.0 Å². The molecule has 0 radical (unpaired) electrons. The van der Waals surface area contributed by atoms with Crippen LogP contribution >= 0.6 is 0 Å². The smallest absolute Gasteiger partial charge is 0.223 e. The summed E-state index contributed by atoms with van der Waals surface area (Å²) < 4.78 is 0. The maximum atomic E-state index is 11.5. The molecular weight excluding hydrogens is 192 g/mol. The molecule has 3 N–H and O–H groups in total. The molecule has 0 unspecified atom stereocenters. The molecule has 0 rings (SSSR count). The zero-order valence-corrected chi connectivity index (χ0v) is 10.3. The lowest BCUT2D eigenvalue weighted by molar-refractivity contribution is -0.132. The Morgan fingerprint density at radius 1 is 1.13 bits per heavy atom. The van der Waals surface area contributed by atoms with Crippen LogP contribution in [0.3, 0.4) is 0 Å². The van der Waals surface area contributed by atoms with Gasteiger partial charge in [0.15, 0.2) is 0 Å². The maximum Gasteiger partial charge on any atom is 0.223 e. The molecule has 0 heterocycles. The number of amides is 2. The van der Waals surface area contributed by atoms with Crippen LogP contribution in [0.4, 0.5) is 0 Å². The van der Waals surface area contributed by atoms with Gasteiger partial charge in [-0.3, -0.25) is 9.59 Å². The van der Waals surface area contributed by atoms with Crippen LogP contribution in [0.2, 0.25) is 0 Å². The number of primary amides is 1. The Hall–Kier alpha value is -1.06. The minimum Gasteiger partial charge on any atom is -0.369 e. The Labute approximate surface area is 91.6 Å². The van der Waals surface area contributed by atoms with E-state index in [4.69, 9.17) is 5.73 Å². The monoisotopic (exact) mass is 214 g/mol. The Morgan fingerprint density at radius 3 is 1.93 bits per heavy atom. The first-order valence-electron chi connectivity index (χ1n) is 5.11. The van der Waals surface area contributed by atoms with Crippen molar-refractivity contribution in [2.24, 2.45) is 16.6 Å². The first-order valence-corrected chi connectivity index (χ1v) is 5.11. The third-order valence-electron chi connectivity index (χ3n) is 2.09. The second kappa shape index (κ2) is 4.64. The standard InChI is InChI=1S/C11H22N2O2/c1-10(2,3)7-13-8(14)6-11(4,5)9(12)15/h6-7H2,1-5H3,(H2,12,15)(H,13,14). The van der Waals surface area contributed by atoms with Crippen LogP contribution in [0.5, 0.6) is 0 Å². The molecule has 0 aromatic rings. The topological polar surface area (TPSA) is 72.2 Å². The quantitative estimate of drug-likeness (QED) is 0.734. The van der Waals surface area contributed by atoms with E-state index in [1.807, 2.05) is 20.8 Å². The van der Waals surface area contributed by atoms with Crippen LogP contribution in [-0.2, 0) is 9.59 Å². The van der Waals surface area contributed by atoms with Crippen molar-refractivity contribution in [1.29, 1.82) is 0 Å². The molecule has 88 valence electrons. The van der Waals surface area contributed by atoms with Crippen molar-refractivity contribution in [3.63, 3.8) is 0 Å². The van der Waals surface area contributed by atoms with Gasteiger partial charge in [0.1, 0.15) is 0 Å². The van der Waals surface area contributed by atoms with E-state index in [9.17, 15) is 9.59 Å². The molecular formula is C11H22N2O2. The number of hydrogen-bond acceptors (Lipinski definition) is 2. The number of carbonyl (C=O) groups excluding carboxylic acids is 2. The van der Waals surface area contributed by atoms with Crippen molar-refractivity contribution in [3.05, 3.63) is 0 Å². The highest BCUT2D eigenvalue weighted by Gasteiger charge is 2.28. The number of rotatable bonds is 4. The van der Waals surface area contributed by atoms with Crippen LogP contribution in [0, 0.1) is 10.8 Å². The van der Waals surface area contributed by atoms with E-state index in [0.29, 0.717) is 6.54 Å². The Kier molecular flexibility index (Phi) is 4.31. The van der Waals surface area contributed by atoms with Crippen LogP contribution in [0.15, 0.2) is 0 Å². The highest BCUT2D eigenvalue weighted by atomic mass is 16.2. The molecule has 15 heavy (non-hydrogen) atoms. The molecule has 0 saturated carbocycles. The lowest BCUT2D eigenvalue weighted by Gasteiger charge is -2.22. The summed E-state index contributed by atoms with van der Waals surface area (Å²) in [5, 5.41) is 2.79. The van der Waals surface area contributed by atoms with Crippen molar-refractivity contribution in [2.45, 2.75) is 41.0 Å². The molecule has 0 aliphatic carbocycles. The van der Waals surface area contributed by atoms with Crippen molar-refractivity contribution >= 4 is 11.8 Å². The third-order valence-corrected chi connectivity index (χ3v) is 2.09. The zero-order chi connectivity index (χ0) is 12.3. The average molecular weight is 214 g/mol. The molecule has 4 nitrogen and oxygen atoms in total. The summed E-state index contributed by atoms with van der Waals surface area (Å²) in [6, 6.07) is 0. The van der Waals surface area contributed by atoms with E-state index in [1.54, 1.807) is 13.8 Å². The van der Waals surface area contributed by atoms with E-state index < -0.39 is 11.3 Å². The van der Waals surface area contributed by atoms with E-state index >= 15 is 0 Å². The van der Waals surface area contributed by atoms with Gasteiger partial charge in [0.25, 0.3) is 0 Å². The lowest BCUT2D eigenvalue weighted by Crippen LogP contribution is -2.39. The summed E-state index contributed by atoms with van der Waals surface area (Å²) in [7, 11) is 0. The molecule has 0 aromatic heterocycles. The van der Waals surface area contributed by atoms with Crippen LogP contribution < -0.4 is 11.1 Å². The van der Waals surface area contributed by atoms with Crippen LogP contribution in [0.1, 0.15) is 41.0 Å². The number of carbonyl (C=O) groups is 2. The van der Waals surface area contributed by atoms with E-state index in [1.165, 1.54) is 0 Å². The highest BCUT2D eigenvalue weighted by molar-refractivity contribution is 5.87. The zero-order valence-electron chi connectivity index (χ0n) is 10.3. The second-order valence-electron chi connectivity index (χ2n) is 5.76. The molecule has 0 atom stereocenters. The molecule has 0 aliphatic heterocycles. The normalized spacial score (nSPS) is 12.3. The molecule has 0 aromatic carbocycles. The van der Waals surface area contributed by atoms with Crippen molar-refractivity contribution < 1.29 is 9.59 Å². The predicted octanol–water partition coefficient (Wildman–Crippen LogP) is 1.05. The second-order valence-corrected chi connectivity index (χ2v) is 5.76. The minimum atomic E-state index is -0.776. The molecule has 0 spiro atoms. The van der Waals surface area contributed by atoms with Gasteiger partial charge < -0.3 is 11.1 Å². The summed E-state index contributed by atoms with van der Waals surface area (Å²) in [4.78, 5) is 22.5. The summed E-state index contributed by atoms with van der Waals surface area (Å²) in [6.07, 6.45) is 0.137. The van der Waals surface area contributed by atoms with Gasteiger partial charge in [-0.15, -0.1) is 0 Å². The molecule has 2 amide bonds. The summed E-state index contributed by atoms with van der Waals surface area (Å²) >= 11 is 0. The fourth-order valence-electron chi connectivity index (χ4n) is 0.915. The van der Waals surface area contributed by atoms with Crippen molar-refractivity contribution in [1.82, 2.24) is 5.32 Å². The van der Waals surface area contributed by atoms with E-state index in [-0.39, 0.29) is 17.7 Å². The number of nitrogens with two attached hydrogens (primary N) is 1. The first kappa shape index (κ1) is 13.9. The number of hydrogen-bond donors (Lipinski definition) is 2. The molecule has 0 saturated heterocycles. The third kappa shape index (κ3) is 6.10. The van der Waals surface area contributed by atoms with Crippen LogP contribution in [-0.4, -0.2) is 18.4 Å². The lowest BCUT2D eigenvalue weighted by atomic mass is 9.88. The van der Waals surface area contributed by atoms with Crippen molar-refractivity contribution in [3.8, 4) is 0 Å². The van der Waals surface area contributed by atoms with Gasteiger partial charge in [0.05, 0.1) is 5.41 Å². The fourth-order valence-corrected chi connectivity index (χ4v) is 0.915. The summed E-state index contributed by atoms with van der Waals surface area (Å²) in [5.41, 5.74) is 4.45. The van der Waals surface area contributed by atoms with Crippen molar-refractivity contribution in [2.75, 3.05) is 6.54 Å². The minimum absolute atomic E-state index is 0.0481. The summed E-state index contributed by atoms with van der Waals surface area (Å²) in [6.45, 7) is 10.0. The van der Waals surface area contributed by atoms with E-state index in [0.717, 1.165) is 0 Å². The SMILES string of the molecule is CC(C)(C)CNC(=O)CC(C)(C)C(N)=O. The van der Waals surface area contributed by atoms with Gasteiger partial charge in [-0.1, -0.05) is 34.6 Å². The molecule has 4 heteroatoms. The molecule has 0 aliphatic rings. The Bertz CT molecular complexity index is 252. The largest absolute Gasteiger partial charge is 0.369 e.